The Balaban J connectivity index is 2.74. The lowest BCUT2D eigenvalue weighted by Gasteiger charge is -2.07. The van der Waals surface area contributed by atoms with Crippen molar-refractivity contribution in [1.29, 1.82) is 0 Å². The van der Waals surface area contributed by atoms with Gasteiger partial charge in [-0.05, 0) is 18.2 Å². The fourth-order valence-corrected chi connectivity index (χ4v) is 1.49. The van der Waals surface area contributed by atoms with Crippen LogP contribution in [0.1, 0.15) is 5.56 Å². The summed E-state index contributed by atoms with van der Waals surface area (Å²) in [7, 11) is 1.29. The van der Waals surface area contributed by atoms with Crippen molar-refractivity contribution < 1.29 is 14.3 Å². The monoisotopic (exact) mass is 259 g/mol. The Hall–Kier alpha value is -1.33. The molecule has 1 aromatic carbocycles. The second kappa shape index (κ2) is 5.67. The first kappa shape index (κ1) is 12.7. The molecular formula is C10H10ClNO3S. The van der Waals surface area contributed by atoms with Crippen LogP contribution < -0.4 is 10.5 Å². The van der Waals surface area contributed by atoms with Gasteiger partial charge in [-0.25, -0.2) is 4.79 Å². The fraction of sp³-hybridized carbons (Fsp3) is 0.200. The highest BCUT2D eigenvalue weighted by molar-refractivity contribution is 7.80. The van der Waals surface area contributed by atoms with Crippen molar-refractivity contribution in [2.24, 2.45) is 5.73 Å². The Morgan fingerprint density at radius 2 is 2.25 bits per heavy atom. The zero-order chi connectivity index (χ0) is 12.1. The molecule has 0 heterocycles. The number of rotatable bonds is 4. The fourth-order valence-electron chi connectivity index (χ4n) is 0.987. The summed E-state index contributed by atoms with van der Waals surface area (Å²) in [6.07, 6.45) is 0. The van der Waals surface area contributed by atoms with E-state index in [0.717, 1.165) is 0 Å². The van der Waals surface area contributed by atoms with Gasteiger partial charge in [-0.2, -0.15) is 0 Å². The number of carbonyl (C=O) groups excluding carboxylic acids is 1. The molecule has 0 saturated heterocycles. The van der Waals surface area contributed by atoms with Gasteiger partial charge in [0.15, 0.2) is 6.61 Å². The lowest BCUT2D eigenvalue weighted by atomic mass is 10.2. The Labute approximate surface area is 103 Å². The van der Waals surface area contributed by atoms with E-state index >= 15 is 0 Å². The van der Waals surface area contributed by atoms with Crippen LogP contribution >= 0.6 is 23.8 Å². The number of hydrogen-bond acceptors (Lipinski definition) is 4. The van der Waals surface area contributed by atoms with Crippen molar-refractivity contribution in [2.45, 2.75) is 0 Å². The minimum absolute atomic E-state index is 0.167. The third kappa shape index (κ3) is 3.36. The Morgan fingerprint density at radius 3 is 2.75 bits per heavy atom. The van der Waals surface area contributed by atoms with Gasteiger partial charge >= 0.3 is 5.97 Å². The van der Waals surface area contributed by atoms with Crippen LogP contribution in [0.2, 0.25) is 5.02 Å². The van der Waals surface area contributed by atoms with Gasteiger partial charge in [0.1, 0.15) is 10.7 Å². The summed E-state index contributed by atoms with van der Waals surface area (Å²) >= 11 is 10.7. The van der Waals surface area contributed by atoms with Gasteiger partial charge < -0.3 is 15.2 Å². The second-order valence-electron chi connectivity index (χ2n) is 2.87. The van der Waals surface area contributed by atoms with Crippen LogP contribution in [0, 0.1) is 0 Å². The zero-order valence-electron chi connectivity index (χ0n) is 8.53. The van der Waals surface area contributed by atoms with Gasteiger partial charge in [-0.15, -0.1) is 0 Å². The number of nitrogens with two attached hydrogens (primary N) is 1. The molecule has 0 aliphatic rings. The van der Waals surface area contributed by atoms with Gasteiger partial charge in [0, 0.05) is 5.56 Å². The molecule has 86 valence electrons. The highest BCUT2D eigenvalue weighted by Crippen LogP contribution is 2.22. The van der Waals surface area contributed by atoms with Crippen molar-refractivity contribution >= 4 is 34.8 Å². The van der Waals surface area contributed by atoms with Gasteiger partial charge in [0.05, 0.1) is 12.1 Å². The molecule has 0 radical (unpaired) electrons. The first-order valence-corrected chi connectivity index (χ1v) is 5.12. The number of halogens is 1. The first-order valence-electron chi connectivity index (χ1n) is 4.33. The standard InChI is InChI=1S/C10H10ClNO3S/c1-14-9(13)5-15-6-2-3-7(10(12)16)8(11)4-6/h2-4H,5H2,1H3,(H2,12,16). The van der Waals surface area contributed by atoms with E-state index in [2.05, 4.69) is 4.74 Å². The second-order valence-corrected chi connectivity index (χ2v) is 3.72. The molecule has 0 unspecified atom stereocenters. The molecule has 0 aliphatic carbocycles. The summed E-state index contributed by atoms with van der Waals surface area (Å²) in [4.78, 5) is 11.0. The molecule has 0 fully saturated rings. The maximum atomic E-state index is 10.8. The molecule has 0 amide bonds. The number of ether oxygens (including phenoxy) is 2. The predicted octanol–water partition coefficient (Wildman–Crippen LogP) is 1.53. The largest absolute Gasteiger partial charge is 0.482 e. The lowest BCUT2D eigenvalue weighted by Crippen LogP contribution is -2.13. The van der Waals surface area contributed by atoms with E-state index in [1.807, 2.05) is 0 Å². The molecule has 6 heteroatoms. The summed E-state index contributed by atoms with van der Waals surface area (Å²) < 4.78 is 9.56. The third-order valence-corrected chi connectivity index (χ3v) is 2.32. The van der Waals surface area contributed by atoms with E-state index in [4.69, 9.17) is 34.3 Å². The van der Waals surface area contributed by atoms with Gasteiger partial charge in [-0.3, -0.25) is 0 Å². The number of benzene rings is 1. The highest BCUT2D eigenvalue weighted by atomic mass is 35.5. The van der Waals surface area contributed by atoms with Gasteiger partial charge in [0.2, 0.25) is 0 Å². The minimum Gasteiger partial charge on any atom is -0.482 e. The highest BCUT2D eigenvalue weighted by Gasteiger charge is 2.06. The smallest absolute Gasteiger partial charge is 0.343 e. The summed E-state index contributed by atoms with van der Waals surface area (Å²) in [5.74, 6) is -0.00931. The lowest BCUT2D eigenvalue weighted by molar-refractivity contribution is -0.142. The van der Waals surface area contributed by atoms with Crippen LogP contribution in [-0.2, 0) is 9.53 Å². The first-order chi connectivity index (χ1) is 7.54. The van der Waals surface area contributed by atoms with Crippen molar-refractivity contribution in [1.82, 2.24) is 0 Å². The Kier molecular flexibility index (Phi) is 4.52. The average Bonchev–Trinajstić information content (AvgIpc) is 2.25. The minimum atomic E-state index is -0.463. The topological polar surface area (TPSA) is 61.5 Å². The molecule has 0 spiro atoms. The number of esters is 1. The number of methoxy groups -OCH3 is 1. The third-order valence-electron chi connectivity index (χ3n) is 1.79. The molecular weight excluding hydrogens is 250 g/mol. The molecule has 0 saturated carbocycles. The molecule has 0 bridgehead atoms. The van der Waals surface area contributed by atoms with E-state index in [1.54, 1.807) is 18.2 Å². The van der Waals surface area contributed by atoms with E-state index in [9.17, 15) is 4.79 Å². The summed E-state index contributed by atoms with van der Waals surface area (Å²) in [6, 6.07) is 4.81. The molecule has 0 atom stereocenters. The van der Waals surface area contributed by atoms with E-state index in [0.29, 0.717) is 16.3 Å². The van der Waals surface area contributed by atoms with Crippen molar-refractivity contribution in [3.8, 4) is 5.75 Å². The van der Waals surface area contributed by atoms with E-state index in [-0.39, 0.29) is 11.6 Å². The van der Waals surface area contributed by atoms with Crippen LogP contribution in [0.5, 0.6) is 5.75 Å². The molecule has 2 N–H and O–H groups in total. The van der Waals surface area contributed by atoms with Gasteiger partial charge in [0.25, 0.3) is 0 Å². The van der Waals surface area contributed by atoms with Crippen LogP contribution in [0.4, 0.5) is 0 Å². The SMILES string of the molecule is COC(=O)COc1ccc(C(N)=S)c(Cl)c1. The van der Waals surface area contributed by atoms with Crippen LogP contribution in [-0.4, -0.2) is 24.7 Å². The van der Waals surface area contributed by atoms with Crippen molar-refractivity contribution in [3.05, 3.63) is 28.8 Å². The van der Waals surface area contributed by atoms with Crippen molar-refractivity contribution in [2.75, 3.05) is 13.7 Å². The Morgan fingerprint density at radius 1 is 1.56 bits per heavy atom. The van der Waals surface area contributed by atoms with Gasteiger partial charge in [-0.1, -0.05) is 23.8 Å². The number of thiocarbonyl (C=S) groups is 1. The van der Waals surface area contributed by atoms with E-state index in [1.165, 1.54) is 7.11 Å². The predicted molar refractivity (Wildman–Crippen MR) is 64.9 cm³/mol. The molecule has 1 aromatic rings. The average molecular weight is 260 g/mol. The van der Waals surface area contributed by atoms with Crippen LogP contribution in [0.15, 0.2) is 18.2 Å². The molecule has 1 rings (SSSR count). The maximum Gasteiger partial charge on any atom is 0.343 e. The van der Waals surface area contributed by atoms with Crippen LogP contribution in [0.3, 0.4) is 0 Å². The number of carbonyl (C=O) groups is 1. The summed E-state index contributed by atoms with van der Waals surface area (Å²) in [5.41, 5.74) is 6.01. The molecule has 0 aliphatic heterocycles. The molecule has 0 aromatic heterocycles. The quantitative estimate of drug-likeness (QED) is 0.656. The molecule has 4 nitrogen and oxygen atoms in total. The van der Waals surface area contributed by atoms with Crippen LogP contribution in [0.25, 0.3) is 0 Å². The summed E-state index contributed by atoms with van der Waals surface area (Å²) in [6.45, 7) is -0.167. The summed E-state index contributed by atoms with van der Waals surface area (Å²) in [5, 5.41) is 0.384. The molecule has 16 heavy (non-hydrogen) atoms. The normalized spacial score (nSPS) is 9.62. The Bertz CT molecular complexity index is 423. The maximum absolute atomic E-state index is 10.8. The van der Waals surface area contributed by atoms with E-state index < -0.39 is 5.97 Å². The number of hydrogen-bond donors (Lipinski definition) is 1. The van der Waals surface area contributed by atoms with Crippen molar-refractivity contribution in [3.63, 3.8) is 0 Å². The zero-order valence-corrected chi connectivity index (χ0v) is 10.1.